The Labute approximate surface area is 125 Å². The summed E-state index contributed by atoms with van der Waals surface area (Å²) in [6.07, 6.45) is 0. The van der Waals surface area contributed by atoms with Crippen LogP contribution in [-0.4, -0.2) is 14.5 Å². The van der Waals surface area contributed by atoms with E-state index in [1.807, 2.05) is 6.07 Å². The molecular weight excluding hydrogens is 282 g/mol. The van der Waals surface area contributed by atoms with Gasteiger partial charge in [0.15, 0.2) is 0 Å². The van der Waals surface area contributed by atoms with Crippen LogP contribution in [0.4, 0.5) is 5.69 Å². The van der Waals surface area contributed by atoms with Gasteiger partial charge in [0.1, 0.15) is 5.82 Å². The van der Waals surface area contributed by atoms with Gasteiger partial charge in [-0.25, -0.2) is 4.98 Å². The van der Waals surface area contributed by atoms with Crippen molar-refractivity contribution in [2.45, 2.75) is 13.5 Å². The average Bonchev–Trinajstić information content (AvgIpc) is 2.52. The van der Waals surface area contributed by atoms with Crippen molar-refractivity contribution in [3.8, 4) is 0 Å². The fourth-order valence-corrected chi connectivity index (χ4v) is 2.37. The van der Waals surface area contributed by atoms with Gasteiger partial charge in [-0.3, -0.25) is 19.5 Å². The average molecular weight is 295 g/mol. The molecule has 6 heteroatoms. The monoisotopic (exact) mass is 295 g/mol. The first-order valence-corrected chi connectivity index (χ1v) is 6.76. The van der Waals surface area contributed by atoms with Crippen molar-refractivity contribution in [2.75, 3.05) is 0 Å². The first-order chi connectivity index (χ1) is 10.6. The minimum Gasteiger partial charge on any atom is -0.292 e. The predicted molar refractivity (Wildman–Crippen MR) is 82.9 cm³/mol. The minimum absolute atomic E-state index is 0.0319. The van der Waals surface area contributed by atoms with Crippen molar-refractivity contribution < 1.29 is 4.92 Å². The van der Waals surface area contributed by atoms with Crippen LogP contribution in [-0.2, 0) is 6.54 Å². The number of nitrogens with zero attached hydrogens (tertiary/aromatic N) is 3. The molecule has 0 N–H and O–H groups in total. The zero-order valence-electron chi connectivity index (χ0n) is 11.9. The van der Waals surface area contributed by atoms with Crippen LogP contribution in [0, 0.1) is 17.0 Å². The molecule has 0 spiro atoms. The fraction of sp³-hybridized carbons (Fsp3) is 0.125. The molecule has 6 nitrogen and oxygen atoms in total. The first kappa shape index (κ1) is 13.9. The smallest absolute Gasteiger partial charge is 0.269 e. The van der Waals surface area contributed by atoms with Crippen molar-refractivity contribution in [3.05, 3.63) is 80.4 Å². The summed E-state index contributed by atoms with van der Waals surface area (Å²) in [5.41, 5.74) is 1.41. The van der Waals surface area contributed by atoms with Crippen LogP contribution in [0.15, 0.2) is 53.3 Å². The highest BCUT2D eigenvalue weighted by Gasteiger charge is 2.09. The van der Waals surface area contributed by atoms with Crippen LogP contribution >= 0.6 is 0 Å². The number of nitro benzene ring substituents is 1. The molecule has 22 heavy (non-hydrogen) atoms. The molecule has 0 saturated carbocycles. The van der Waals surface area contributed by atoms with Gasteiger partial charge in [0.05, 0.1) is 22.4 Å². The van der Waals surface area contributed by atoms with Crippen molar-refractivity contribution in [1.82, 2.24) is 9.55 Å². The summed E-state index contributed by atoms with van der Waals surface area (Å²) in [4.78, 5) is 27.2. The highest BCUT2D eigenvalue weighted by molar-refractivity contribution is 5.77. The Kier molecular flexibility index (Phi) is 3.42. The lowest BCUT2D eigenvalue weighted by Crippen LogP contribution is -2.24. The van der Waals surface area contributed by atoms with Crippen LogP contribution in [0.2, 0.25) is 0 Å². The lowest BCUT2D eigenvalue weighted by atomic mass is 10.2. The molecule has 110 valence electrons. The van der Waals surface area contributed by atoms with E-state index in [1.54, 1.807) is 41.8 Å². The van der Waals surface area contributed by atoms with Crippen LogP contribution < -0.4 is 5.56 Å². The highest BCUT2D eigenvalue weighted by atomic mass is 16.6. The van der Waals surface area contributed by atoms with Gasteiger partial charge in [0.25, 0.3) is 11.2 Å². The SMILES string of the molecule is Cc1nc2ccccc2c(=O)n1Cc1ccc([N+](=O)[O-])cc1. The van der Waals surface area contributed by atoms with E-state index >= 15 is 0 Å². The molecule has 1 heterocycles. The number of benzene rings is 2. The van der Waals surface area contributed by atoms with Gasteiger partial charge in [-0.15, -0.1) is 0 Å². The lowest BCUT2D eigenvalue weighted by molar-refractivity contribution is -0.384. The molecule has 0 saturated heterocycles. The van der Waals surface area contributed by atoms with E-state index in [2.05, 4.69) is 4.98 Å². The van der Waals surface area contributed by atoms with Crippen LogP contribution in [0.25, 0.3) is 10.9 Å². The fourth-order valence-electron chi connectivity index (χ4n) is 2.37. The molecule has 3 rings (SSSR count). The normalized spacial score (nSPS) is 10.8. The summed E-state index contributed by atoms with van der Waals surface area (Å²) in [6, 6.07) is 13.4. The number of para-hydroxylation sites is 1. The largest absolute Gasteiger partial charge is 0.292 e. The third-order valence-electron chi connectivity index (χ3n) is 3.54. The van der Waals surface area contributed by atoms with Crippen LogP contribution in [0.5, 0.6) is 0 Å². The van der Waals surface area contributed by atoms with Crippen molar-refractivity contribution in [3.63, 3.8) is 0 Å². The number of nitro groups is 1. The summed E-state index contributed by atoms with van der Waals surface area (Å²) in [5.74, 6) is 0.613. The molecule has 3 aromatic rings. The van der Waals surface area contributed by atoms with Crippen molar-refractivity contribution in [1.29, 1.82) is 0 Å². The van der Waals surface area contributed by atoms with Gasteiger partial charge >= 0.3 is 0 Å². The third kappa shape index (κ3) is 2.46. The maximum Gasteiger partial charge on any atom is 0.269 e. The maximum absolute atomic E-state index is 12.5. The summed E-state index contributed by atoms with van der Waals surface area (Å²) >= 11 is 0. The van der Waals surface area contributed by atoms with E-state index in [0.29, 0.717) is 23.3 Å². The molecule has 0 radical (unpaired) electrons. The molecule has 1 aromatic heterocycles. The molecule has 0 aliphatic carbocycles. The molecule has 0 atom stereocenters. The first-order valence-electron chi connectivity index (χ1n) is 6.76. The molecular formula is C16H13N3O3. The van der Waals surface area contributed by atoms with E-state index in [9.17, 15) is 14.9 Å². The number of fused-ring (bicyclic) bond motifs is 1. The Balaban J connectivity index is 2.03. The second-order valence-electron chi connectivity index (χ2n) is 4.99. The van der Waals surface area contributed by atoms with E-state index in [0.717, 1.165) is 5.56 Å². The van der Waals surface area contributed by atoms with E-state index < -0.39 is 4.92 Å². The maximum atomic E-state index is 12.5. The van der Waals surface area contributed by atoms with Crippen molar-refractivity contribution in [2.24, 2.45) is 0 Å². The predicted octanol–water partition coefficient (Wildman–Crippen LogP) is 2.66. The quantitative estimate of drug-likeness (QED) is 0.549. The lowest BCUT2D eigenvalue weighted by Gasteiger charge is -2.10. The topological polar surface area (TPSA) is 78.0 Å². The number of non-ortho nitro benzene ring substituents is 1. The van der Waals surface area contributed by atoms with E-state index in [4.69, 9.17) is 0 Å². The molecule has 2 aromatic carbocycles. The second-order valence-corrected chi connectivity index (χ2v) is 4.99. The Morgan fingerprint density at radius 2 is 1.82 bits per heavy atom. The van der Waals surface area contributed by atoms with Crippen LogP contribution in [0.3, 0.4) is 0 Å². The Morgan fingerprint density at radius 1 is 1.14 bits per heavy atom. The zero-order valence-corrected chi connectivity index (χ0v) is 11.9. The summed E-state index contributed by atoms with van der Waals surface area (Å²) in [7, 11) is 0. The summed E-state index contributed by atoms with van der Waals surface area (Å²) < 4.78 is 1.57. The van der Waals surface area contributed by atoms with Crippen LogP contribution in [0.1, 0.15) is 11.4 Å². The minimum atomic E-state index is -0.446. The second kappa shape index (κ2) is 5.40. The van der Waals surface area contributed by atoms with E-state index in [-0.39, 0.29) is 11.2 Å². The van der Waals surface area contributed by atoms with Gasteiger partial charge in [0.2, 0.25) is 0 Å². The van der Waals surface area contributed by atoms with Gasteiger partial charge < -0.3 is 0 Å². The third-order valence-corrected chi connectivity index (χ3v) is 3.54. The summed E-state index contributed by atoms with van der Waals surface area (Å²) in [6.45, 7) is 2.11. The number of aromatic nitrogens is 2. The zero-order chi connectivity index (χ0) is 15.7. The molecule has 0 unspecified atom stereocenters. The number of hydrogen-bond donors (Lipinski definition) is 0. The summed E-state index contributed by atoms with van der Waals surface area (Å²) in [5, 5.41) is 11.2. The van der Waals surface area contributed by atoms with Gasteiger partial charge in [-0.1, -0.05) is 24.3 Å². The Hall–Kier alpha value is -3.02. The van der Waals surface area contributed by atoms with Gasteiger partial charge in [-0.05, 0) is 24.6 Å². The Morgan fingerprint density at radius 3 is 2.50 bits per heavy atom. The molecule has 0 aliphatic heterocycles. The van der Waals surface area contributed by atoms with E-state index in [1.165, 1.54) is 12.1 Å². The Bertz CT molecular complexity index is 914. The number of rotatable bonds is 3. The van der Waals surface area contributed by atoms with Crippen molar-refractivity contribution >= 4 is 16.6 Å². The molecule has 0 amide bonds. The number of hydrogen-bond acceptors (Lipinski definition) is 4. The van der Waals surface area contributed by atoms with Gasteiger partial charge in [0, 0.05) is 12.1 Å². The molecule has 0 bridgehead atoms. The standard InChI is InChI=1S/C16H13N3O3/c1-11-17-15-5-3-2-4-14(15)16(20)18(11)10-12-6-8-13(9-7-12)19(21)22/h2-9H,10H2,1H3. The number of aryl methyl sites for hydroxylation is 1. The molecule has 0 fully saturated rings. The van der Waals surface area contributed by atoms with Gasteiger partial charge in [-0.2, -0.15) is 0 Å². The highest BCUT2D eigenvalue weighted by Crippen LogP contribution is 2.14. The molecule has 0 aliphatic rings.